The summed E-state index contributed by atoms with van der Waals surface area (Å²) in [6.07, 6.45) is 12.5. The fourth-order valence-electron chi connectivity index (χ4n) is 5.26. The van der Waals surface area contributed by atoms with Gasteiger partial charge < -0.3 is 0 Å². The zero-order valence-electron chi connectivity index (χ0n) is 11.0. The number of rotatable bonds is 0. The molecule has 1 aromatic carbocycles. The van der Waals surface area contributed by atoms with Crippen LogP contribution in [0.1, 0.15) is 69.9 Å². The van der Waals surface area contributed by atoms with E-state index in [9.17, 15) is 0 Å². The van der Waals surface area contributed by atoms with Gasteiger partial charge in [-0.1, -0.05) is 24.3 Å². The van der Waals surface area contributed by atoms with Crippen LogP contribution >= 0.6 is 0 Å². The topological polar surface area (TPSA) is 0 Å². The average molecular weight is 234 g/mol. The van der Waals surface area contributed by atoms with E-state index in [0.29, 0.717) is 0 Å². The standard InChI is InChI=1S/C18H18/c1-9-15-11-3-5-13(7-11)17(15)10(2)18-14-6-4-12(8-14)16(9)18/h3-6,11-14H,7-8H2,1-2H3/t11-,12+,13-,14+. The molecule has 18 heavy (non-hydrogen) atoms. The summed E-state index contributed by atoms with van der Waals surface area (Å²) in [6.45, 7) is 4.78. The smallest absolute Gasteiger partial charge is 0.00327 e. The second kappa shape index (κ2) is 2.82. The largest absolute Gasteiger partial charge is 0.0803 e. The Morgan fingerprint density at radius 3 is 1.17 bits per heavy atom. The molecule has 0 aromatic heterocycles. The normalized spacial score (nSPS) is 36.6. The molecule has 0 N–H and O–H groups in total. The molecule has 0 spiro atoms. The van der Waals surface area contributed by atoms with E-state index >= 15 is 0 Å². The molecule has 1 aromatic rings. The predicted octanol–water partition coefficient (Wildman–Crippen LogP) is 4.58. The average Bonchev–Trinajstić information content (AvgIpc) is 3.10. The Morgan fingerprint density at radius 1 is 0.611 bits per heavy atom. The van der Waals surface area contributed by atoms with Gasteiger partial charge in [-0.05, 0) is 60.1 Å². The molecule has 0 heteroatoms. The summed E-state index contributed by atoms with van der Waals surface area (Å²) in [5.41, 5.74) is 10.1. The summed E-state index contributed by atoms with van der Waals surface area (Å²) in [6, 6.07) is 0. The number of allylic oxidation sites excluding steroid dienone is 4. The van der Waals surface area contributed by atoms with E-state index < -0.39 is 0 Å². The molecule has 90 valence electrons. The first-order chi connectivity index (χ1) is 8.75. The van der Waals surface area contributed by atoms with Gasteiger partial charge in [0.15, 0.2) is 0 Å². The Morgan fingerprint density at radius 2 is 0.889 bits per heavy atom. The molecule has 4 atom stereocenters. The lowest BCUT2D eigenvalue weighted by atomic mass is 9.80. The molecule has 4 aliphatic rings. The Hall–Kier alpha value is -1.30. The Bertz CT molecular complexity index is 538. The minimum Gasteiger partial charge on any atom is -0.0803 e. The van der Waals surface area contributed by atoms with Gasteiger partial charge in [-0.3, -0.25) is 0 Å². The summed E-state index contributed by atoms with van der Waals surface area (Å²) in [4.78, 5) is 0. The molecule has 0 aliphatic heterocycles. The van der Waals surface area contributed by atoms with E-state index in [1.807, 2.05) is 0 Å². The van der Waals surface area contributed by atoms with Crippen LogP contribution in [0.5, 0.6) is 0 Å². The Kier molecular flexibility index (Phi) is 1.50. The van der Waals surface area contributed by atoms with E-state index in [4.69, 9.17) is 0 Å². The van der Waals surface area contributed by atoms with E-state index in [-0.39, 0.29) is 0 Å². The molecule has 0 unspecified atom stereocenters. The first kappa shape index (κ1) is 9.61. The molecule has 4 bridgehead atoms. The summed E-state index contributed by atoms with van der Waals surface area (Å²) in [5, 5.41) is 0. The maximum absolute atomic E-state index is 2.45. The molecule has 4 aliphatic carbocycles. The molecule has 0 amide bonds. The van der Waals surface area contributed by atoms with Crippen LogP contribution in [0.25, 0.3) is 0 Å². The van der Waals surface area contributed by atoms with Crippen LogP contribution in [-0.2, 0) is 0 Å². The zero-order valence-corrected chi connectivity index (χ0v) is 11.0. The fraction of sp³-hybridized carbons (Fsp3) is 0.444. The highest BCUT2D eigenvalue weighted by atomic mass is 14.5. The van der Waals surface area contributed by atoms with Crippen molar-refractivity contribution in [2.75, 3.05) is 0 Å². The maximum atomic E-state index is 2.45. The van der Waals surface area contributed by atoms with Gasteiger partial charge in [-0.2, -0.15) is 0 Å². The van der Waals surface area contributed by atoms with Crippen molar-refractivity contribution < 1.29 is 0 Å². The Balaban J connectivity index is 1.90. The molecule has 0 heterocycles. The van der Waals surface area contributed by atoms with Crippen molar-refractivity contribution in [3.63, 3.8) is 0 Å². The van der Waals surface area contributed by atoms with E-state index in [2.05, 4.69) is 38.2 Å². The van der Waals surface area contributed by atoms with Crippen LogP contribution in [-0.4, -0.2) is 0 Å². The molecule has 5 rings (SSSR count). The number of benzene rings is 1. The van der Waals surface area contributed by atoms with E-state index in [1.165, 1.54) is 12.8 Å². The highest BCUT2D eigenvalue weighted by Crippen LogP contribution is 2.58. The molecule has 0 nitrogen and oxygen atoms in total. The minimum absolute atomic E-state index is 0.733. The van der Waals surface area contributed by atoms with Gasteiger partial charge in [0, 0.05) is 23.7 Å². The summed E-state index contributed by atoms with van der Waals surface area (Å²) < 4.78 is 0. The van der Waals surface area contributed by atoms with E-state index in [0.717, 1.165) is 23.7 Å². The van der Waals surface area contributed by atoms with Crippen molar-refractivity contribution in [3.05, 3.63) is 57.7 Å². The third kappa shape index (κ3) is 0.858. The van der Waals surface area contributed by atoms with Gasteiger partial charge in [0.05, 0.1) is 0 Å². The van der Waals surface area contributed by atoms with Crippen molar-refractivity contribution in [2.45, 2.75) is 50.4 Å². The first-order valence-electron chi connectivity index (χ1n) is 7.29. The number of hydrogen-bond donors (Lipinski definition) is 0. The minimum atomic E-state index is 0.733. The molecular weight excluding hydrogens is 216 g/mol. The quantitative estimate of drug-likeness (QED) is 0.576. The lowest BCUT2D eigenvalue weighted by Crippen LogP contribution is -2.08. The summed E-state index contributed by atoms with van der Waals surface area (Å²) in [7, 11) is 0. The van der Waals surface area contributed by atoms with Crippen LogP contribution < -0.4 is 0 Å². The number of hydrogen-bond acceptors (Lipinski definition) is 0. The highest BCUT2D eigenvalue weighted by molar-refractivity contribution is 5.65. The van der Waals surface area contributed by atoms with Crippen molar-refractivity contribution in [1.29, 1.82) is 0 Å². The van der Waals surface area contributed by atoms with E-state index in [1.54, 1.807) is 33.4 Å². The highest BCUT2D eigenvalue weighted by Gasteiger charge is 2.42. The van der Waals surface area contributed by atoms with Gasteiger partial charge in [0.1, 0.15) is 0 Å². The SMILES string of the molecule is Cc1c2c(c(C)c3c1[C@H]1C=C[C@H]3C1)[C@@H]1C=C[C@@H]2C1. The van der Waals surface area contributed by atoms with Crippen molar-refractivity contribution >= 4 is 0 Å². The molecular formula is C18H18. The van der Waals surface area contributed by atoms with Crippen LogP contribution in [0.3, 0.4) is 0 Å². The van der Waals surface area contributed by atoms with Gasteiger partial charge in [-0.15, -0.1) is 0 Å². The zero-order chi connectivity index (χ0) is 12.0. The number of fused-ring (bicyclic) bond motifs is 10. The van der Waals surface area contributed by atoms with Gasteiger partial charge in [0.2, 0.25) is 0 Å². The van der Waals surface area contributed by atoms with Crippen LogP contribution in [0.15, 0.2) is 24.3 Å². The predicted molar refractivity (Wildman–Crippen MR) is 74.4 cm³/mol. The van der Waals surface area contributed by atoms with Gasteiger partial charge in [-0.25, -0.2) is 0 Å². The monoisotopic (exact) mass is 234 g/mol. The third-order valence-corrected chi connectivity index (χ3v) is 5.85. The first-order valence-corrected chi connectivity index (χ1v) is 7.29. The fourth-order valence-corrected chi connectivity index (χ4v) is 5.26. The summed E-state index contributed by atoms with van der Waals surface area (Å²) in [5.74, 6) is 2.93. The third-order valence-electron chi connectivity index (χ3n) is 5.85. The van der Waals surface area contributed by atoms with Gasteiger partial charge >= 0.3 is 0 Å². The molecule has 0 saturated heterocycles. The molecule has 0 radical (unpaired) electrons. The molecule has 0 saturated carbocycles. The lowest BCUT2D eigenvalue weighted by Gasteiger charge is -2.25. The van der Waals surface area contributed by atoms with Crippen LogP contribution in [0, 0.1) is 13.8 Å². The van der Waals surface area contributed by atoms with Crippen molar-refractivity contribution in [2.24, 2.45) is 0 Å². The second-order valence-electron chi connectivity index (χ2n) is 6.57. The second-order valence-corrected chi connectivity index (χ2v) is 6.57. The molecule has 0 fully saturated rings. The van der Waals surface area contributed by atoms with Crippen LogP contribution in [0.4, 0.5) is 0 Å². The van der Waals surface area contributed by atoms with Crippen molar-refractivity contribution in [1.82, 2.24) is 0 Å². The van der Waals surface area contributed by atoms with Crippen molar-refractivity contribution in [3.8, 4) is 0 Å². The maximum Gasteiger partial charge on any atom is 0.00327 e. The van der Waals surface area contributed by atoms with Gasteiger partial charge in [0.25, 0.3) is 0 Å². The van der Waals surface area contributed by atoms with Crippen LogP contribution in [0.2, 0.25) is 0 Å². The Labute approximate surface area is 108 Å². The lowest BCUT2D eigenvalue weighted by molar-refractivity contribution is 0.785. The summed E-state index contributed by atoms with van der Waals surface area (Å²) >= 11 is 0.